The molecule has 0 fully saturated rings. The normalized spacial score (nSPS) is 12.2. The van der Waals surface area contributed by atoms with Crippen LogP contribution in [0.1, 0.15) is 17.3 Å². The van der Waals surface area contributed by atoms with Crippen molar-refractivity contribution < 1.29 is 9.90 Å². The molecule has 1 unspecified atom stereocenters. The van der Waals surface area contributed by atoms with Gasteiger partial charge in [-0.05, 0) is 19.1 Å². The lowest BCUT2D eigenvalue weighted by Crippen LogP contribution is -2.33. The summed E-state index contributed by atoms with van der Waals surface area (Å²) < 4.78 is 0. The number of carbonyl (C=O) groups excluding carboxylic acids is 1. The summed E-state index contributed by atoms with van der Waals surface area (Å²) in [5, 5.41) is 9.52. The van der Waals surface area contributed by atoms with E-state index in [9.17, 15) is 9.90 Å². The molecule has 0 aromatic heterocycles. The van der Waals surface area contributed by atoms with Crippen LogP contribution in [-0.2, 0) is 0 Å². The highest BCUT2D eigenvalue weighted by atomic mass is 35.5. The first-order valence-corrected chi connectivity index (χ1v) is 5.28. The van der Waals surface area contributed by atoms with Gasteiger partial charge in [0.05, 0.1) is 16.7 Å². The standard InChI is InChI=1S/C11H15ClN2O2/c1-7(15)6-14(2)11(16)10-8(12)4-3-5-9(10)13/h3-5,7,15H,6,13H2,1-2H3. The van der Waals surface area contributed by atoms with E-state index in [1.807, 2.05) is 0 Å². The number of likely N-dealkylation sites (N-methyl/N-ethyl adjacent to an activating group) is 1. The van der Waals surface area contributed by atoms with Gasteiger partial charge in [-0.15, -0.1) is 0 Å². The number of halogens is 1. The van der Waals surface area contributed by atoms with Crippen LogP contribution in [0.2, 0.25) is 5.02 Å². The monoisotopic (exact) mass is 242 g/mol. The molecular weight excluding hydrogens is 228 g/mol. The fourth-order valence-electron chi connectivity index (χ4n) is 1.44. The van der Waals surface area contributed by atoms with Crippen LogP contribution in [0.25, 0.3) is 0 Å². The number of carbonyl (C=O) groups is 1. The van der Waals surface area contributed by atoms with Gasteiger partial charge in [-0.3, -0.25) is 4.79 Å². The highest BCUT2D eigenvalue weighted by molar-refractivity contribution is 6.34. The molecular formula is C11H15ClN2O2. The topological polar surface area (TPSA) is 66.6 Å². The van der Waals surface area contributed by atoms with Gasteiger partial charge >= 0.3 is 0 Å². The van der Waals surface area contributed by atoms with Crippen molar-refractivity contribution in [1.82, 2.24) is 4.90 Å². The molecule has 0 bridgehead atoms. The average Bonchev–Trinajstić information content (AvgIpc) is 2.16. The molecule has 1 aromatic carbocycles. The number of hydrogen-bond acceptors (Lipinski definition) is 3. The highest BCUT2D eigenvalue weighted by Crippen LogP contribution is 2.23. The fraction of sp³-hybridized carbons (Fsp3) is 0.364. The first kappa shape index (κ1) is 12.8. The van der Waals surface area contributed by atoms with Crippen LogP contribution in [-0.4, -0.2) is 35.6 Å². The summed E-state index contributed by atoms with van der Waals surface area (Å²) in [7, 11) is 1.60. The number of nitrogens with zero attached hydrogens (tertiary/aromatic N) is 1. The van der Waals surface area contributed by atoms with Gasteiger partial charge in [-0.2, -0.15) is 0 Å². The van der Waals surface area contributed by atoms with Gasteiger partial charge in [0, 0.05) is 19.3 Å². The summed E-state index contributed by atoms with van der Waals surface area (Å²) in [6.07, 6.45) is -0.585. The second kappa shape index (κ2) is 5.18. The summed E-state index contributed by atoms with van der Waals surface area (Å²) in [4.78, 5) is 13.4. The zero-order chi connectivity index (χ0) is 12.3. The van der Waals surface area contributed by atoms with Crippen LogP contribution in [0.15, 0.2) is 18.2 Å². The molecule has 0 heterocycles. The summed E-state index contributed by atoms with van der Waals surface area (Å²) in [6.45, 7) is 1.85. The lowest BCUT2D eigenvalue weighted by Gasteiger charge is -2.20. The van der Waals surface area contributed by atoms with E-state index in [-0.39, 0.29) is 18.0 Å². The molecule has 0 spiro atoms. The molecule has 88 valence electrons. The van der Waals surface area contributed by atoms with Crippen molar-refractivity contribution in [1.29, 1.82) is 0 Å². The zero-order valence-electron chi connectivity index (χ0n) is 9.27. The lowest BCUT2D eigenvalue weighted by atomic mass is 10.1. The van der Waals surface area contributed by atoms with Crippen molar-refractivity contribution >= 4 is 23.2 Å². The Balaban J connectivity index is 2.96. The molecule has 1 rings (SSSR count). The molecule has 0 aliphatic rings. The SMILES string of the molecule is CC(O)CN(C)C(=O)c1c(N)cccc1Cl. The van der Waals surface area contributed by atoms with Gasteiger partial charge in [0.25, 0.3) is 5.91 Å². The van der Waals surface area contributed by atoms with Gasteiger partial charge in [-0.25, -0.2) is 0 Å². The summed E-state index contributed by atoms with van der Waals surface area (Å²) >= 11 is 5.92. The maximum absolute atomic E-state index is 12.0. The van der Waals surface area contributed by atoms with Gasteiger partial charge < -0.3 is 15.7 Å². The molecule has 0 aliphatic heterocycles. The van der Waals surface area contributed by atoms with Gasteiger partial charge in [0.1, 0.15) is 0 Å². The predicted molar refractivity (Wildman–Crippen MR) is 64.5 cm³/mol. The smallest absolute Gasteiger partial charge is 0.257 e. The van der Waals surface area contributed by atoms with E-state index < -0.39 is 6.10 Å². The maximum Gasteiger partial charge on any atom is 0.257 e. The minimum absolute atomic E-state index is 0.240. The van der Waals surface area contributed by atoms with Crippen LogP contribution >= 0.6 is 11.6 Å². The van der Waals surface area contributed by atoms with E-state index in [0.717, 1.165) is 0 Å². The Kier molecular flexibility index (Phi) is 4.15. The Bertz CT molecular complexity index is 373. The van der Waals surface area contributed by atoms with Crippen LogP contribution in [0.3, 0.4) is 0 Å². The molecule has 5 heteroatoms. The number of aliphatic hydroxyl groups is 1. The first-order valence-electron chi connectivity index (χ1n) is 4.91. The first-order chi connectivity index (χ1) is 7.43. The summed E-state index contributed by atoms with van der Waals surface area (Å²) in [5.74, 6) is -0.288. The van der Waals surface area contributed by atoms with E-state index in [4.69, 9.17) is 17.3 Å². The molecule has 0 aliphatic carbocycles. The molecule has 0 saturated carbocycles. The molecule has 0 saturated heterocycles. The number of anilines is 1. The second-order valence-corrected chi connectivity index (χ2v) is 4.15. The zero-order valence-corrected chi connectivity index (χ0v) is 10.0. The van der Waals surface area contributed by atoms with Gasteiger partial charge in [-0.1, -0.05) is 17.7 Å². The lowest BCUT2D eigenvalue weighted by molar-refractivity contribution is 0.0705. The Morgan fingerprint density at radius 3 is 2.75 bits per heavy atom. The van der Waals surface area contributed by atoms with Crippen LogP contribution in [0, 0.1) is 0 Å². The van der Waals surface area contributed by atoms with Crippen molar-refractivity contribution in [2.24, 2.45) is 0 Å². The quantitative estimate of drug-likeness (QED) is 0.787. The number of rotatable bonds is 3. The van der Waals surface area contributed by atoms with E-state index in [2.05, 4.69) is 0 Å². The molecule has 4 nitrogen and oxygen atoms in total. The predicted octanol–water partition coefficient (Wildman–Crippen LogP) is 1.37. The van der Waals surface area contributed by atoms with Gasteiger partial charge in [0.15, 0.2) is 0 Å². The molecule has 1 aromatic rings. The Hall–Kier alpha value is -1.26. The number of nitrogen functional groups attached to an aromatic ring is 1. The average molecular weight is 243 g/mol. The van der Waals surface area contributed by atoms with Gasteiger partial charge in [0.2, 0.25) is 0 Å². The number of nitrogens with two attached hydrogens (primary N) is 1. The van der Waals surface area contributed by atoms with Crippen LogP contribution < -0.4 is 5.73 Å². The van der Waals surface area contributed by atoms with Crippen molar-refractivity contribution in [2.75, 3.05) is 19.3 Å². The molecule has 1 atom stereocenters. The molecule has 16 heavy (non-hydrogen) atoms. The third-order valence-corrected chi connectivity index (χ3v) is 2.46. The molecule has 0 radical (unpaired) electrons. The summed E-state index contributed by atoms with van der Waals surface area (Å²) in [6, 6.07) is 4.92. The van der Waals surface area contributed by atoms with E-state index >= 15 is 0 Å². The van der Waals surface area contributed by atoms with E-state index in [1.54, 1.807) is 32.2 Å². The Morgan fingerprint density at radius 2 is 2.25 bits per heavy atom. The van der Waals surface area contributed by atoms with Crippen molar-refractivity contribution in [2.45, 2.75) is 13.0 Å². The number of hydrogen-bond donors (Lipinski definition) is 2. The van der Waals surface area contributed by atoms with Crippen LogP contribution in [0.5, 0.6) is 0 Å². The van der Waals surface area contributed by atoms with E-state index in [0.29, 0.717) is 10.7 Å². The van der Waals surface area contributed by atoms with Crippen molar-refractivity contribution in [3.05, 3.63) is 28.8 Å². The summed E-state index contributed by atoms with van der Waals surface area (Å²) in [5.41, 5.74) is 6.32. The highest BCUT2D eigenvalue weighted by Gasteiger charge is 2.18. The Morgan fingerprint density at radius 1 is 1.62 bits per heavy atom. The minimum Gasteiger partial charge on any atom is -0.398 e. The maximum atomic E-state index is 12.0. The fourth-order valence-corrected chi connectivity index (χ4v) is 1.70. The number of benzene rings is 1. The number of amides is 1. The van der Waals surface area contributed by atoms with Crippen LogP contribution in [0.4, 0.5) is 5.69 Å². The molecule has 1 amide bonds. The van der Waals surface area contributed by atoms with Crippen molar-refractivity contribution in [3.63, 3.8) is 0 Å². The third-order valence-electron chi connectivity index (χ3n) is 2.14. The Labute approximate surface area is 99.6 Å². The third kappa shape index (κ3) is 2.87. The van der Waals surface area contributed by atoms with Crippen molar-refractivity contribution in [3.8, 4) is 0 Å². The number of aliphatic hydroxyl groups excluding tert-OH is 1. The molecule has 3 N–H and O–H groups in total. The second-order valence-electron chi connectivity index (χ2n) is 3.74. The minimum atomic E-state index is -0.585. The largest absolute Gasteiger partial charge is 0.398 e. The van der Waals surface area contributed by atoms with E-state index in [1.165, 1.54) is 4.90 Å².